The van der Waals surface area contributed by atoms with E-state index >= 15 is 0 Å². The summed E-state index contributed by atoms with van der Waals surface area (Å²) in [4.78, 5) is 69.2. The van der Waals surface area contributed by atoms with E-state index in [0.717, 1.165) is 115 Å². The molecule has 11 aromatic rings. The van der Waals surface area contributed by atoms with Crippen molar-refractivity contribution < 1.29 is 66.5 Å². The van der Waals surface area contributed by atoms with E-state index in [1.54, 1.807) is 70.1 Å². The lowest BCUT2D eigenvalue weighted by Crippen LogP contribution is -2.28. The predicted octanol–water partition coefficient (Wildman–Crippen LogP) is 23.8. The number of ether oxygens (including phenoxy) is 10. The molecule has 31 heteroatoms. The van der Waals surface area contributed by atoms with Gasteiger partial charge < -0.3 is 51.9 Å². The van der Waals surface area contributed by atoms with Crippen LogP contribution in [-0.4, -0.2) is 159 Å². The standard InChI is InChI=1S/C23H25NO3S.3C22H23NO3S2.C20H17Cl2NO3S2/c1-16-10-11-17(2)21(14-16)27-13-7-12-26-20-9-6-5-8-19(20)15-22-23(25)24(4)18(3)28-22;1-15-5-8-19(13-16(15)2)26-12-4-11-25-18-9-6-17(7-10-18)14-20-21(24)23(3)22(27)28-20;1-15-7-4-10-19(16(15)2)26-12-6-11-25-18-9-5-8-17(13-18)14-20-21(24)23(3)22(27)28-20;1-15-9-10-18(16(2)13-15)25-11-6-12-26-19-8-5-4-7-17(19)14-20-21(24)23(3)22(27)28-20;1-23-19(24)18(28-20(23)27)12-13-11-14(21)7-8-16(13)25-9-4-10-26-17-6-3-2-5-15(17)22/h5-6,8-11,14-15H,3,7,12-13H2,1-2,4H3;5-10,13-14H,4,11-12H2,1-3H3;2*4-5,7-10,13-14H,6,11-12H2,1-3H3;2-3,5-8,11-12H,4,9-10H2,1H3. The van der Waals surface area contributed by atoms with E-state index < -0.39 is 0 Å². The second kappa shape index (κ2) is 54.5. The van der Waals surface area contributed by atoms with Crippen LogP contribution in [0.1, 0.15) is 104 Å². The smallest absolute Gasteiger partial charge is 0.268 e. The molecule has 10 aromatic carbocycles. The summed E-state index contributed by atoms with van der Waals surface area (Å²) in [6.45, 7) is 25.9. The highest BCUT2D eigenvalue weighted by atomic mass is 35.5. The number of benzene rings is 10. The van der Waals surface area contributed by atoms with Crippen LogP contribution in [0.2, 0.25) is 10.0 Å². The molecule has 0 unspecified atom stereocenters. The van der Waals surface area contributed by atoms with Crippen molar-refractivity contribution in [2.45, 2.75) is 87.5 Å². The molecule has 5 heterocycles. The number of thiocarbonyl (C=S) groups is 4. The summed E-state index contributed by atoms with van der Waals surface area (Å²) in [7, 11) is 8.47. The van der Waals surface area contributed by atoms with Crippen LogP contribution in [-0.2, 0) is 26.2 Å². The average Bonchev–Trinajstić information content (AvgIpc) is 1.67. The van der Waals surface area contributed by atoms with Gasteiger partial charge in [0.05, 0.1) is 99.9 Å². The van der Waals surface area contributed by atoms with Crippen molar-refractivity contribution in [3.8, 4) is 57.5 Å². The Morgan fingerprint density at radius 3 is 1.22 bits per heavy atom. The molecule has 0 bridgehead atoms. The van der Waals surface area contributed by atoms with Gasteiger partial charge in [-0.25, -0.2) is 0 Å². The van der Waals surface area contributed by atoms with E-state index in [1.165, 1.54) is 111 Å². The van der Waals surface area contributed by atoms with E-state index in [4.69, 9.17) is 119 Å². The van der Waals surface area contributed by atoms with Crippen LogP contribution in [0.4, 0.5) is 0 Å². The number of para-hydroxylation sites is 3. The Kier molecular flexibility index (Phi) is 42.4. The summed E-state index contributed by atoms with van der Waals surface area (Å²) < 4.78 is 63.6. The number of likely N-dealkylation sites (N-methyl/N-ethyl adjacent to an activating group) is 4. The van der Waals surface area contributed by atoms with E-state index in [2.05, 4.69) is 90.6 Å². The van der Waals surface area contributed by atoms with Crippen molar-refractivity contribution in [1.29, 1.82) is 0 Å². The Bertz CT molecular complexity index is 6640. The number of aryl methyl sites for hydroxylation is 7. The number of hydrogen-bond acceptors (Lipinski definition) is 24. The summed E-state index contributed by atoms with van der Waals surface area (Å²) in [6.07, 6.45) is 12.9. The maximum Gasteiger partial charge on any atom is 0.268 e. The molecule has 4 aliphatic rings. The van der Waals surface area contributed by atoms with Crippen molar-refractivity contribution in [1.82, 2.24) is 24.2 Å². The molecule has 0 spiro atoms. The van der Waals surface area contributed by atoms with Gasteiger partial charge in [-0.3, -0.25) is 43.6 Å². The summed E-state index contributed by atoms with van der Waals surface area (Å²) in [5.74, 6) is 7.69. The van der Waals surface area contributed by atoms with Gasteiger partial charge in [0, 0.05) is 89.1 Å². The van der Waals surface area contributed by atoms with Crippen molar-refractivity contribution in [2.24, 2.45) is 7.05 Å². The number of thiazole rings is 1. The van der Waals surface area contributed by atoms with E-state index in [0.29, 0.717) is 135 Å². The number of amides is 4. The molecule has 1 aromatic heterocycles. The van der Waals surface area contributed by atoms with Crippen LogP contribution in [0.25, 0.3) is 37.0 Å². The highest BCUT2D eigenvalue weighted by Crippen LogP contribution is 2.39. The summed E-state index contributed by atoms with van der Waals surface area (Å²) in [6, 6.07) is 68.0. The number of aromatic nitrogens is 1. The normalized spacial score (nSPS) is 14.6. The zero-order valence-electron chi connectivity index (χ0n) is 80.2. The number of carbonyl (C=O) groups is 4. The van der Waals surface area contributed by atoms with Crippen LogP contribution in [0.5, 0.6) is 57.5 Å². The fourth-order valence-corrected chi connectivity index (χ4v) is 19.3. The molecule has 15 rings (SSSR count). The molecule has 4 aliphatic heterocycles. The van der Waals surface area contributed by atoms with Crippen molar-refractivity contribution >= 4 is 208 Å². The van der Waals surface area contributed by atoms with Crippen LogP contribution in [0, 0.1) is 55.4 Å². The van der Waals surface area contributed by atoms with Gasteiger partial charge in [-0.2, -0.15) is 0 Å². The average molecular weight is 2090 g/mol. The minimum Gasteiger partial charge on any atom is -0.493 e. The van der Waals surface area contributed by atoms with Gasteiger partial charge in [-0.05, 0) is 233 Å². The number of rotatable bonds is 35. The van der Waals surface area contributed by atoms with Gasteiger partial charge >= 0.3 is 0 Å². The molecule has 0 aliphatic carbocycles. The van der Waals surface area contributed by atoms with Crippen LogP contribution in [0.3, 0.4) is 0 Å². The Morgan fingerprint density at radius 1 is 0.314 bits per heavy atom. The summed E-state index contributed by atoms with van der Waals surface area (Å²) in [5.41, 5.74) is 13.9. The minimum atomic E-state index is -0.130. The first kappa shape index (κ1) is 109. The monoisotopic (exact) mass is 2090 g/mol. The second-order valence-electron chi connectivity index (χ2n) is 32.4. The third-order valence-electron chi connectivity index (χ3n) is 21.7. The lowest BCUT2D eigenvalue weighted by molar-refractivity contribution is -0.122. The summed E-state index contributed by atoms with van der Waals surface area (Å²) in [5, 5.41) is 1.14. The first-order valence-corrected chi connectivity index (χ1v) is 51.4. The highest BCUT2D eigenvalue weighted by Gasteiger charge is 2.33. The van der Waals surface area contributed by atoms with Gasteiger partial charge in [0.15, 0.2) is 0 Å². The summed E-state index contributed by atoms with van der Waals surface area (Å²) >= 11 is 39.4. The van der Waals surface area contributed by atoms with Crippen LogP contribution >= 0.6 is 130 Å². The molecule has 730 valence electrons. The van der Waals surface area contributed by atoms with E-state index in [9.17, 15) is 24.0 Å². The predicted molar refractivity (Wildman–Crippen MR) is 592 cm³/mol. The van der Waals surface area contributed by atoms with Crippen LogP contribution < -0.4 is 62.1 Å². The molecule has 4 amide bonds. The SMILES string of the molecule is C=c1sc(=Cc2ccccc2OCCCOc2cc(C)ccc2C)c(=O)n1C.CN1C(=O)C(=Cc2cc(Cl)ccc2OCCCOc2ccccc2Cl)SC1=S.Cc1ccc(OCCCOc2ccc(C=C3SC(=S)N(C)C3=O)cc2)cc1C.Cc1ccc(OCCCOc2ccccc2C=C2SC(=S)N(C)C2=O)c(C)c1.Cc1cccc(OCCCOc2cccc(C=C3SC(=S)N(C)C3=O)c2)c1C. The molecule has 140 heavy (non-hydrogen) atoms. The molecular formula is C109H111Cl2N5O15S9. The Morgan fingerprint density at radius 2 is 0.714 bits per heavy atom. The first-order valence-electron chi connectivity index (χ1n) is 45.0. The zero-order chi connectivity index (χ0) is 100. The van der Waals surface area contributed by atoms with Gasteiger partial charge in [0.1, 0.15) is 74.8 Å². The van der Waals surface area contributed by atoms with Gasteiger partial charge in [-0.1, -0.05) is 247 Å². The molecule has 4 fully saturated rings. The molecule has 0 N–H and O–H groups in total. The molecular weight excluding hydrogens is 1980 g/mol. The second-order valence-corrected chi connectivity index (χ2v) is 41.1. The number of carbonyl (C=O) groups excluding carboxylic acids is 4. The third-order valence-corrected chi connectivity index (χ3v) is 29.2. The van der Waals surface area contributed by atoms with E-state index in [-0.39, 0.29) is 29.2 Å². The lowest BCUT2D eigenvalue weighted by Gasteiger charge is -2.12. The fourth-order valence-electron chi connectivity index (χ4n) is 13.3. The van der Waals surface area contributed by atoms with Gasteiger partial charge in [0.25, 0.3) is 29.2 Å². The quantitative estimate of drug-likeness (QED) is 0.0206. The maximum absolute atomic E-state index is 12.2. The highest BCUT2D eigenvalue weighted by molar-refractivity contribution is 8.28. The third kappa shape index (κ3) is 32.6. The minimum absolute atomic E-state index is 0.0354. The Labute approximate surface area is 871 Å². The molecule has 0 atom stereocenters. The number of hydrogen-bond donors (Lipinski definition) is 0. The van der Waals surface area contributed by atoms with E-state index in [1.807, 2.05) is 184 Å². The van der Waals surface area contributed by atoms with Gasteiger partial charge in [-0.15, -0.1) is 11.3 Å². The van der Waals surface area contributed by atoms with Crippen molar-refractivity contribution in [3.05, 3.63) is 334 Å². The maximum atomic E-state index is 12.2. The largest absolute Gasteiger partial charge is 0.493 e. The van der Waals surface area contributed by atoms with Crippen molar-refractivity contribution in [2.75, 3.05) is 94.3 Å². The Balaban J connectivity index is 0.000000167. The van der Waals surface area contributed by atoms with Crippen LogP contribution in [0.15, 0.2) is 237 Å². The van der Waals surface area contributed by atoms with Gasteiger partial charge in [0.2, 0.25) is 0 Å². The van der Waals surface area contributed by atoms with Crippen molar-refractivity contribution in [3.63, 3.8) is 0 Å². The molecule has 0 radical (unpaired) electrons. The lowest BCUT2D eigenvalue weighted by atomic mass is 10.1. The molecule has 20 nitrogen and oxygen atoms in total. The topological polar surface area (TPSA) is 196 Å². The molecule has 4 saturated heterocycles. The zero-order valence-corrected chi connectivity index (χ0v) is 89.1. The fraction of sp³-hybridized carbons (Fsp3) is 0.257. The molecule has 0 saturated carbocycles. The number of thioether (sulfide) groups is 4. The first-order chi connectivity index (χ1) is 67.2. The number of nitrogens with zero attached hydrogens (tertiary/aromatic N) is 5. The number of halogens is 2. The Hall–Kier alpha value is -11.5.